The van der Waals surface area contributed by atoms with Crippen LogP contribution in [0.2, 0.25) is 0 Å². The smallest absolute Gasteiger partial charge is 0.243 e. The fraction of sp³-hybridized carbons (Fsp3) is 0.538. The van der Waals surface area contributed by atoms with Crippen LogP contribution in [0.5, 0.6) is 0 Å². The summed E-state index contributed by atoms with van der Waals surface area (Å²) in [7, 11) is 0.160. The van der Waals surface area contributed by atoms with Crippen LogP contribution >= 0.6 is 0 Å². The monoisotopic (exact) mass is 301 g/mol. The van der Waals surface area contributed by atoms with Gasteiger partial charge in [-0.3, -0.25) is 0 Å². The highest BCUT2D eigenvalue weighted by atomic mass is 32.2. The largest absolute Gasteiger partial charge is 0.399 e. The van der Waals surface area contributed by atoms with Gasteiger partial charge in [0.25, 0.3) is 0 Å². The number of nitrogens with two attached hydrogens (primary N) is 1. The Morgan fingerprint density at radius 1 is 1.30 bits per heavy atom. The van der Waals surface area contributed by atoms with Crippen molar-refractivity contribution in [3.63, 3.8) is 0 Å². The Bertz CT molecular complexity index is 583. The van der Waals surface area contributed by atoms with E-state index in [4.69, 9.17) is 5.73 Å². The third kappa shape index (κ3) is 2.79. The summed E-state index contributed by atoms with van der Waals surface area (Å²) in [5, 5.41) is 0. The minimum absolute atomic E-state index is 0.0818. The molecule has 0 radical (unpaired) electrons. The number of nitrogen functional groups attached to an aromatic ring is 1. The molecule has 0 spiro atoms. The molecule has 1 fully saturated rings. The number of hydrogen-bond acceptors (Lipinski definition) is 4. The van der Waals surface area contributed by atoms with Crippen LogP contribution in [0, 0.1) is 11.7 Å². The third-order valence-corrected chi connectivity index (χ3v) is 5.54. The van der Waals surface area contributed by atoms with Gasteiger partial charge in [-0.25, -0.2) is 12.8 Å². The van der Waals surface area contributed by atoms with Gasteiger partial charge in [0.1, 0.15) is 5.82 Å². The van der Waals surface area contributed by atoms with Gasteiger partial charge in [0.05, 0.1) is 4.90 Å². The van der Waals surface area contributed by atoms with Gasteiger partial charge in [-0.15, -0.1) is 0 Å². The fourth-order valence-corrected chi connectivity index (χ4v) is 4.28. The predicted molar refractivity (Wildman–Crippen MR) is 76.2 cm³/mol. The standard InChI is InChI=1S/C13H20FN3O2S/c1-9-7-17(8-13(9)16(2)3)20(18,19)12-5-10(14)4-11(15)6-12/h4-6,9,13H,7-8,15H2,1-3H3. The molecule has 1 aromatic carbocycles. The summed E-state index contributed by atoms with van der Waals surface area (Å²) in [6, 6.07) is 3.58. The van der Waals surface area contributed by atoms with Crippen molar-refractivity contribution >= 4 is 15.7 Å². The van der Waals surface area contributed by atoms with Crippen LogP contribution < -0.4 is 5.73 Å². The third-order valence-electron chi connectivity index (χ3n) is 3.73. The second-order valence-corrected chi connectivity index (χ2v) is 7.49. The van der Waals surface area contributed by atoms with Gasteiger partial charge in [0.2, 0.25) is 10.0 Å². The Morgan fingerprint density at radius 3 is 2.45 bits per heavy atom. The van der Waals surface area contributed by atoms with Gasteiger partial charge < -0.3 is 10.6 Å². The number of rotatable bonds is 3. The van der Waals surface area contributed by atoms with Gasteiger partial charge in [-0.05, 0) is 38.2 Å². The summed E-state index contributed by atoms with van der Waals surface area (Å²) in [4.78, 5) is 1.93. The van der Waals surface area contributed by atoms with Crippen molar-refractivity contribution in [1.29, 1.82) is 0 Å². The molecule has 1 aromatic rings. The molecule has 1 heterocycles. The topological polar surface area (TPSA) is 66.6 Å². The summed E-state index contributed by atoms with van der Waals surface area (Å²) >= 11 is 0. The lowest BCUT2D eigenvalue weighted by Gasteiger charge is -2.22. The molecule has 7 heteroatoms. The molecule has 5 nitrogen and oxygen atoms in total. The Kier molecular flexibility index (Phi) is 4.04. The maximum absolute atomic E-state index is 13.4. The Balaban J connectivity index is 2.32. The highest BCUT2D eigenvalue weighted by Gasteiger charge is 2.38. The molecule has 0 amide bonds. The van der Waals surface area contributed by atoms with Crippen molar-refractivity contribution in [2.24, 2.45) is 5.92 Å². The van der Waals surface area contributed by atoms with E-state index in [0.29, 0.717) is 13.1 Å². The first kappa shape index (κ1) is 15.2. The average molecular weight is 301 g/mol. The maximum Gasteiger partial charge on any atom is 0.243 e. The highest BCUT2D eigenvalue weighted by molar-refractivity contribution is 7.89. The van der Waals surface area contributed by atoms with E-state index in [1.54, 1.807) is 0 Å². The van der Waals surface area contributed by atoms with Crippen LogP contribution in [-0.2, 0) is 10.0 Å². The number of nitrogens with zero attached hydrogens (tertiary/aromatic N) is 2. The van der Waals surface area contributed by atoms with E-state index in [1.807, 2.05) is 25.9 Å². The van der Waals surface area contributed by atoms with Gasteiger partial charge in [-0.1, -0.05) is 6.92 Å². The number of likely N-dealkylation sites (N-methyl/N-ethyl adjacent to an activating group) is 1. The Labute approximate surface area is 119 Å². The van der Waals surface area contributed by atoms with E-state index >= 15 is 0 Å². The summed E-state index contributed by atoms with van der Waals surface area (Å²) in [6.45, 7) is 2.86. The lowest BCUT2D eigenvalue weighted by molar-refractivity contribution is 0.263. The SMILES string of the molecule is CC1CN(S(=O)(=O)c2cc(N)cc(F)c2)CC1N(C)C. The lowest BCUT2D eigenvalue weighted by atomic mass is 10.1. The van der Waals surface area contributed by atoms with Crippen LogP contribution in [0.3, 0.4) is 0 Å². The quantitative estimate of drug-likeness (QED) is 0.845. The van der Waals surface area contributed by atoms with E-state index in [0.717, 1.165) is 12.1 Å². The van der Waals surface area contributed by atoms with Crippen molar-refractivity contribution in [3.05, 3.63) is 24.0 Å². The molecule has 2 unspecified atom stereocenters. The van der Waals surface area contributed by atoms with Crippen molar-refractivity contribution in [3.8, 4) is 0 Å². The molecule has 0 aliphatic carbocycles. The Morgan fingerprint density at radius 2 is 1.95 bits per heavy atom. The van der Waals surface area contributed by atoms with Crippen LogP contribution in [0.25, 0.3) is 0 Å². The maximum atomic E-state index is 13.4. The number of sulfonamides is 1. The first-order valence-electron chi connectivity index (χ1n) is 6.44. The van der Waals surface area contributed by atoms with Crippen LogP contribution in [-0.4, -0.2) is 50.8 Å². The van der Waals surface area contributed by atoms with E-state index in [1.165, 1.54) is 10.4 Å². The van der Waals surface area contributed by atoms with Gasteiger partial charge in [-0.2, -0.15) is 4.31 Å². The predicted octanol–water partition coefficient (Wildman–Crippen LogP) is 0.979. The normalized spacial score (nSPS) is 24.4. The molecule has 0 saturated carbocycles. The first-order chi connectivity index (χ1) is 9.21. The zero-order valence-corrected chi connectivity index (χ0v) is 12.7. The lowest BCUT2D eigenvalue weighted by Crippen LogP contribution is -2.35. The highest BCUT2D eigenvalue weighted by Crippen LogP contribution is 2.27. The van der Waals surface area contributed by atoms with Crippen molar-refractivity contribution in [2.45, 2.75) is 17.9 Å². The molecule has 2 atom stereocenters. The van der Waals surface area contributed by atoms with E-state index in [-0.39, 0.29) is 22.5 Å². The summed E-state index contributed by atoms with van der Waals surface area (Å²) in [6.07, 6.45) is 0. The number of anilines is 1. The van der Waals surface area contributed by atoms with Crippen molar-refractivity contribution < 1.29 is 12.8 Å². The van der Waals surface area contributed by atoms with Gasteiger partial charge in [0, 0.05) is 24.8 Å². The Hall–Kier alpha value is -1.18. The van der Waals surface area contributed by atoms with Gasteiger partial charge in [0.15, 0.2) is 0 Å². The van der Waals surface area contributed by atoms with Crippen molar-refractivity contribution in [2.75, 3.05) is 32.9 Å². The zero-order chi connectivity index (χ0) is 15.1. The number of halogens is 1. The van der Waals surface area contributed by atoms with Crippen LogP contribution in [0.15, 0.2) is 23.1 Å². The summed E-state index contributed by atoms with van der Waals surface area (Å²) < 4.78 is 39.8. The van der Waals surface area contributed by atoms with Gasteiger partial charge >= 0.3 is 0 Å². The van der Waals surface area contributed by atoms with Crippen molar-refractivity contribution in [1.82, 2.24) is 9.21 Å². The molecule has 1 aliphatic rings. The first-order valence-corrected chi connectivity index (χ1v) is 7.88. The van der Waals surface area contributed by atoms with Crippen LogP contribution in [0.4, 0.5) is 10.1 Å². The van der Waals surface area contributed by atoms with E-state index in [9.17, 15) is 12.8 Å². The molecule has 0 aromatic heterocycles. The number of benzene rings is 1. The molecule has 1 saturated heterocycles. The molecule has 112 valence electrons. The number of hydrogen-bond donors (Lipinski definition) is 1. The minimum Gasteiger partial charge on any atom is -0.399 e. The molecule has 0 bridgehead atoms. The average Bonchev–Trinajstić information content (AvgIpc) is 2.70. The minimum atomic E-state index is -3.70. The molecule has 1 aliphatic heterocycles. The molecule has 2 N–H and O–H groups in total. The summed E-state index contributed by atoms with van der Waals surface area (Å²) in [5.74, 6) is -0.411. The van der Waals surface area contributed by atoms with Crippen LogP contribution in [0.1, 0.15) is 6.92 Å². The molecule has 20 heavy (non-hydrogen) atoms. The molecular weight excluding hydrogens is 281 g/mol. The fourth-order valence-electron chi connectivity index (χ4n) is 2.66. The second kappa shape index (κ2) is 5.31. The van der Waals surface area contributed by atoms with E-state index in [2.05, 4.69) is 0 Å². The zero-order valence-electron chi connectivity index (χ0n) is 11.9. The van der Waals surface area contributed by atoms with E-state index < -0.39 is 15.8 Å². The summed E-state index contributed by atoms with van der Waals surface area (Å²) in [5.41, 5.74) is 5.64. The molecular formula is C13H20FN3O2S. The second-order valence-electron chi connectivity index (χ2n) is 5.55. The molecule has 2 rings (SSSR count).